The third-order valence-corrected chi connectivity index (χ3v) is 6.65. The molecule has 3 saturated heterocycles. The van der Waals surface area contributed by atoms with Gasteiger partial charge in [0.1, 0.15) is 0 Å². The SMILES string of the molecule is CC1(C)S[C@@H]2CC(=O)N2[C@@]1(NC(=O)/C=C1/CNCS1)C(=O)O. The molecular formula is C13H17N3O4S2. The first kappa shape index (κ1) is 15.7. The molecule has 3 fully saturated rings. The molecule has 2 amide bonds. The van der Waals surface area contributed by atoms with Crippen molar-refractivity contribution in [3.63, 3.8) is 0 Å². The maximum atomic E-state index is 12.3. The zero-order valence-corrected chi connectivity index (χ0v) is 13.8. The summed E-state index contributed by atoms with van der Waals surface area (Å²) in [5, 5.41) is 15.3. The van der Waals surface area contributed by atoms with Gasteiger partial charge in [-0.1, -0.05) is 0 Å². The molecule has 3 rings (SSSR count). The highest BCUT2D eigenvalue weighted by Gasteiger charge is 2.70. The number of β-lactam (4-membered cyclic amide) rings is 1. The second kappa shape index (κ2) is 5.17. The molecule has 0 aromatic carbocycles. The van der Waals surface area contributed by atoms with Gasteiger partial charge in [-0.05, 0) is 13.8 Å². The van der Waals surface area contributed by atoms with Crippen molar-refractivity contribution < 1.29 is 19.5 Å². The summed E-state index contributed by atoms with van der Waals surface area (Å²) in [7, 11) is 0. The van der Waals surface area contributed by atoms with E-state index in [2.05, 4.69) is 10.6 Å². The Balaban J connectivity index is 1.91. The van der Waals surface area contributed by atoms with Gasteiger partial charge in [-0.2, -0.15) is 0 Å². The van der Waals surface area contributed by atoms with Crippen LogP contribution in [0.25, 0.3) is 0 Å². The van der Waals surface area contributed by atoms with Crippen LogP contribution in [0.1, 0.15) is 20.3 Å². The number of aliphatic carboxylic acids is 1. The number of thioether (sulfide) groups is 2. The Morgan fingerprint density at radius 2 is 2.23 bits per heavy atom. The molecule has 3 heterocycles. The Bertz CT molecular complexity index is 584. The fourth-order valence-corrected chi connectivity index (χ4v) is 5.53. The van der Waals surface area contributed by atoms with Gasteiger partial charge < -0.3 is 15.7 Å². The summed E-state index contributed by atoms with van der Waals surface area (Å²) in [5.74, 6) is -1.19. The zero-order chi connectivity index (χ0) is 16.1. The molecule has 0 unspecified atom stereocenters. The molecule has 0 aromatic rings. The zero-order valence-electron chi connectivity index (χ0n) is 12.2. The van der Waals surface area contributed by atoms with Crippen LogP contribution in [0.4, 0.5) is 0 Å². The lowest BCUT2D eigenvalue weighted by molar-refractivity contribution is -0.172. The van der Waals surface area contributed by atoms with Gasteiger partial charge in [0.25, 0.3) is 0 Å². The highest BCUT2D eigenvalue weighted by molar-refractivity contribution is 8.03. The standard InChI is InChI=1S/C13H17N3O4S2/c1-12(2)13(11(19)20,16-9(18)4-10(16)22-12)15-8(17)3-7-5-14-6-21-7/h3,10,14H,4-6H2,1-2H3,(H,15,17)(H,19,20)/b7-3-/t10-,13+/m1/s1. The summed E-state index contributed by atoms with van der Waals surface area (Å²) in [6.07, 6.45) is 1.73. The van der Waals surface area contributed by atoms with E-state index in [1.54, 1.807) is 13.8 Å². The molecule has 0 radical (unpaired) electrons. The number of hydrogen-bond acceptors (Lipinski definition) is 6. The monoisotopic (exact) mass is 343 g/mol. The second-order valence-corrected chi connectivity index (χ2v) is 8.78. The van der Waals surface area contributed by atoms with E-state index in [1.165, 1.54) is 34.5 Å². The predicted octanol–water partition coefficient (Wildman–Crippen LogP) is 0.145. The number of rotatable bonds is 3. The molecule has 3 aliphatic rings. The molecule has 0 bridgehead atoms. The largest absolute Gasteiger partial charge is 0.478 e. The quantitative estimate of drug-likeness (QED) is 0.495. The Labute approximate surface area is 136 Å². The third-order valence-electron chi connectivity index (χ3n) is 4.13. The third kappa shape index (κ3) is 2.14. The van der Waals surface area contributed by atoms with Gasteiger partial charge in [-0.15, -0.1) is 23.5 Å². The van der Waals surface area contributed by atoms with Crippen molar-refractivity contribution in [2.75, 3.05) is 12.4 Å². The van der Waals surface area contributed by atoms with E-state index in [-0.39, 0.29) is 11.3 Å². The number of nitrogens with one attached hydrogen (secondary N) is 2. The Hall–Kier alpha value is -1.19. The van der Waals surface area contributed by atoms with Gasteiger partial charge in [0.15, 0.2) is 0 Å². The van der Waals surface area contributed by atoms with Gasteiger partial charge in [-0.3, -0.25) is 14.5 Å². The summed E-state index contributed by atoms with van der Waals surface area (Å²) >= 11 is 2.92. The fraction of sp³-hybridized carbons (Fsp3) is 0.615. The second-order valence-electron chi connectivity index (χ2n) is 5.88. The number of fused-ring (bicyclic) bond motifs is 1. The van der Waals surface area contributed by atoms with Crippen LogP contribution in [0.15, 0.2) is 11.0 Å². The molecule has 22 heavy (non-hydrogen) atoms. The first-order valence-corrected chi connectivity index (χ1v) is 8.74. The van der Waals surface area contributed by atoms with Crippen LogP contribution in [-0.2, 0) is 14.4 Å². The van der Waals surface area contributed by atoms with Crippen molar-refractivity contribution in [3.8, 4) is 0 Å². The minimum atomic E-state index is -1.71. The van der Waals surface area contributed by atoms with Gasteiger partial charge in [-0.25, -0.2) is 4.79 Å². The molecule has 0 aliphatic carbocycles. The van der Waals surface area contributed by atoms with E-state index < -0.39 is 22.3 Å². The lowest BCUT2D eigenvalue weighted by Crippen LogP contribution is -2.74. The number of carboxylic acid groups (broad SMARTS) is 1. The molecule has 0 saturated carbocycles. The van der Waals surface area contributed by atoms with E-state index in [0.717, 1.165) is 10.8 Å². The summed E-state index contributed by atoms with van der Waals surface area (Å²) < 4.78 is -0.815. The molecule has 2 atom stereocenters. The van der Waals surface area contributed by atoms with Crippen molar-refractivity contribution in [2.24, 2.45) is 0 Å². The van der Waals surface area contributed by atoms with E-state index >= 15 is 0 Å². The Kier molecular flexibility index (Phi) is 3.69. The van der Waals surface area contributed by atoms with Crippen LogP contribution >= 0.6 is 23.5 Å². The van der Waals surface area contributed by atoms with E-state index in [4.69, 9.17) is 0 Å². The normalized spacial score (nSPS) is 34.5. The van der Waals surface area contributed by atoms with Crippen LogP contribution in [0.5, 0.6) is 0 Å². The van der Waals surface area contributed by atoms with Crippen LogP contribution in [0, 0.1) is 0 Å². The number of carbonyl (C=O) groups is 3. The van der Waals surface area contributed by atoms with Crippen LogP contribution in [0.3, 0.4) is 0 Å². The van der Waals surface area contributed by atoms with E-state index in [1.807, 2.05) is 0 Å². The van der Waals surface area contributed by atoms with Crippen LogP contribution in [-0.4, -0.2) is 56.0 Å². The lowest BCUT2D eigenvalue weighted by atomic mass is 9.90. The maximum Gasteiger partial charge on any atom is 0.352 e. The summed E-state index contributed by atoms with van der Waals surface area (Å²) in [6.45, 7) is 4.09. The van der Waals surface area contributed by atoms with Crippen molar-refractivity contribution in [3.05, 3.63) is 11.0 Å². The number of amides is 2. The van der Waals surface area contributed by atoms with Crippen molar-refractivity contribution in [1.29, 1.82) is 0 Å². The average Bonchev–Trinajstić information content (AvgIpc) is 2.94. The molecule has 3 aliphatic heterocycles. The molecule has 0 aromatic heterocycles. The summed E-state index contributed by atoms with van der Waals surface area (Å²) in [5.41, 5.74) is -1.71. The van der Waals surface area contributed by atoms with Crippen molar-refractivity contribution >= 4 is 41.3 Å². The van der Waals surface area contributed by atoms with E-state index in [9.17, 15) is 19.5 Å². The first-order valence-electron chi connectivity index (χ1n) is 6.87. The smallest absolute Gasteiger partial charge is 0.352 e. The fourth-order valence-electron chi connectivity index (χ4n) is 3.05. The van der Waals surface area contributed by atoms with Gasteiger partial charge in [0, 0.05) is 23.4 Å². The number of carbonyl (C=O) groups excluding carboxylic acids is 2. The van der Waals surface area contributed by atoms with Gasteiger partial charge >= 0.3 is 5.97 Å². The van der Waals surface area contributed by atoms with Crippen molar-refractivity contribution in [1.82, 2.24) is 15.5 Å². The molecule has 9 heteroatoms. The van der Waals surface area contributed by atoms with Crippen LogP contribution < -0.4 is 10.6 Å². The molecule has 7 nitrogen and oxygen atoms in total. The number of nitrogens with zero attached hydrogens (tertiary/aromatic N) is 1. The highest BCUT2D eigenvalue weighted by Crippen LogP contribution is 2.55. The van der Waals surface area contributed by atoms with E-state index in [0.29, 0.717) is 13.0 Å². The minimum Gasteiger partial charge on any atom is -0.478 e. The number of hydrogen-bond donors (Lipinski definition) is 3. The van der Waals surface area contributed by atoms with Crippen LogP contribution in [0.2, 0.25) is 0 Å². The summed E-state index contributed by atoms with van der Waals surface area (Å²) in [4.78, 5) is 38.4. The van der Waals surface area contributed by atoms with Crippen molar-refractivity contribution in [2.45, 2.75) is 36.1 Å². The average molecular weight is 343 g/mol. The minimum absolute atomic E-state index is 0.186. The highest BCUT2D eigenvalue weighted by atomic mass is 32.2. The molecule has 120 valence electrons. The Morgan fingerprint density at radius 1 is 1.50 bits per heavy atom. The van der Waals surface area contributed by atoms with Gasteiger partial charge in [0.2, 0.25) is 17.5 Å². The lowest BCUT2D eigenvalue weighted by Gasteiger charge is -2.46. The Morgan fingerprint density at radius 3 is 2.77 bits per heavy atom. The molecule has 0 spiro atoms. The predicted molar refractivity (Wildman–Crippen MR) is 84.0 cm³/mol. The number of carboxylic acids is 1. The summed E-state index contributed by atoms with van der Waals surface area (Å²) in [6, 6.07) is 0. The molecular weight excluding hydrogens is 326 g/mol. The topological polar surface area (TPSA) is 98.7 Å². The maximum absolute atomic E-state index is 12.3. The molecule has 3 N–H and O–H groups in total. The van der Waals surface area contributed by atoms with Gasteiger partial charge in [0.05, 0.1) is 16.5 Å². The first-order chi connectivity index (χ1) is 10.3.